The molecule has 1 fully saturated rings. The van der Waals surface area contributed by atoms with Gasteiger partial charge in [0.1, 0.15) is 24.5 Å². The van der Waals surface area contributed by atoms with Crippen molar-refractivity contribution in [3.8, 4) is 5.75 Å². The van der Waals surface area contributed by atoms with E-state index in [4.69, 9.17) is 18.5 Å². The van der Waals surface area contributed by atoms with Gasteiger partial charge in [0.05, 0.1) is 19.4 Å². The Kier molecular flexibility index (Phi) is 9.72. The molecule has 3 N–H and O–H groups in total. The number of urea groups is 1. The Morgan fingerprint density at radius 2 is 1.90 bits per heavy atom. The lowest BCUT2D eigenvalue weighted by atomic mass is 10.00. The van der Waals surface area contributed by atoms with Gasteiger partial charge in [0.25, 0.3) is 0 Å². The van der Waals surface area contributed by atoms with Crippen LogP contribution in [0.2, 0.25) is 0 Å². The van der Waals surface area contributed by atoms with Crippen molar-refractivity contribution in [3.05, 3.63) is 90.8 Å². The molecule has 2 amide bonds. The fraction of sp³-hybridized carbons (Fsp3) is 0.333. The molecule has 0 aromatic heterocycles. The van der Waals surface area contributed by atoms with Crippen LogP contribution >= 0.6 is 7.75 Å². The maximum absolute atomic E-state index is 14.0. The smallest absolute Gasteiger partial charge is 0.459 e. The second-order valence-corrected chi connectivity index (χ2v) is 10.9. The minimum absolute atomic E-state index is 0.00956. The van der Waals surface area contributed by atoms with Crippen LogP contribution in [0.1, 0.15) is 12.5 Å². The lowest BCUT2D eigenvalue weighted by molar-refractivity contribution is -0.146. The number of halogens is 1. The number of amides is 2. The number of alkyl halides is 1. The number of carbonyl (C=O) groups is 2. The molecule has 11 nitrogen and oxygen atoms in total. The monoisotopic (exact) mass is 575 g/mol. The minimum atomic E-state index is -4.28. The first-order valence-electron chi connectivity index (χ1n) is 12.5. The molecule has 6 atom stereocenters. The fourth-order valence-electron chi connectivity index (χ4n) is 4.08. The lowest BCUT2D eigenvalue weighted by Crippen LogP contribution is -2.49. The highest BCUT2D eigenvalue weighted by Gasteiger charge is 2.48. The van der Waals surface area contributed by atoms with Crippen molar-refractivity contribution in [1.82, 2.24) is 15.3 Å². The van der Waals surface area contributed by atoms with E-state index in [0.717, 1.165) is 10.5 Å². The van der Waals surface area contributed by atoms with Gasteiger partial charge in [-0.3, -0.25) is 18.6 Å². The van der Waals surface area contributed by atoms with Gasteiger partial charge < -0.3 is 24.4 Å². The highest BCUT2D eigenvalue weighted by molar-refractivity contribution is 7.52. The van der Waals surface area contributed by atoms with Gasteiger partial charge >= 0.3 is 19.7 Å². The third-order valence-corrected chi connectivity index (χ3v) is 7.86. The molecule has 0 radical (unpaired) electrons. The zero-order chi connectivity index (χ0) is 28.7. The Balaban J connectivity index is 1.45. The molecule has 2 aromatic rings. The van der Waals surface area contributed by atoms with E-state index in [1.165, 1.54) is 19.2 Å². The molecule has 0 spiro atoms. The third kappa shape index (κ3) is 7.35. The predicted molar refractivity (Wildman–Crippen MR) is 142 cm³/mol. The molecule has 0 aliphatic carbocycles. The zero-order valence-corrected chi connectivity index (χ0v) is 22.6. The van der Waals surface area contributed by atoms with Crippen LogP contribution < -0.4 is 14.9 Å². The van der Waals surface area contributed by atoms with Crippen LogP contribution in [0.25, 0.3) is 0 Å². The molecule has 13 heteroatoms. The number of aliphatic hydroxyl groups is 1. The highest BCUT2D eigenvalue weighted by atomic mass is 31.2. The number of para-hydroxylation sites is 1. The number of rotatable bonds is 12. The number of esters is 1. The molecule has 0 saturated carbocycles. The Labute approximate surface area is 231 Å². The maximum Gasteiger partial charge on any atom is 0.459 e. The first-order valence-corrected chi connectivity index (χ1v) is 14.1. The average Bonchev–Trinajstić information content (AvgIpc) is 3.26. The van der Waals surface area contributed by atoms with Gasteiger partial charge in [-0.05, 0) is 30.7 Å². The van der Waals surface area contributed by atoms with Crippen molar-refractivity contribution in [2.24, 2.45) is 5.92 Å². The molecule has 2 aliphatic rings. The Morgan fingerprint density at radius 3 is 2.55 bits per heavy atom. The Bertz CT molecular complexity index is 1260. The van der Waals surface area contributed by atoms with Crippen LogP contribution in [0.4, 0.5) is 9.18 Å². The van der Waals surface area contributed by atoms with E-state index >= 15 is 0 Å². The molecule has 214 valence electrons. The Hall–Kier alpha value is -3.54. The minimum Gasteiger partial charge on any atom is -0.460 e. The topological polar surface area (TPSA) is 136 Å². The van der Waals surface area contributed by atoms with Gasteiger partial charge in [-0.25, -0.2) is 9.36 Å². The quantitative estimate of drug-likeness (QED) is 0.256. The number of carbonyl (C=O) groups excluding carboxylic acids is 2. The van der Waals surface area contributed by atoms with Crippen molar-refractivity contribution >= 4 is 19.7 Å². The number of nitrogens with one attached hydrogen (secondary N) is 2. The summed E-state index contributed by atoms with van der Waals surface area (Å²) in [6.07, 6.45) is -0.884. The Morgan fingerprint density at radius 1 is 1.23 bits per heavy atom. The molecular weight excluding hydrogens is 544 g/mol. The number of hydrogen-bond acceptors (Lipinski definition) is 8. The van der Waals surface area contributed by atoms with E-state index in [2.05, 4.69) is 17.0 Å². The van der Waals surface area contributed by atoms with Gasteiger partial charge in [-0.2, -0.15) is 5.09 Å². The molecule has 4 rings (SSSR count). The molecule has 2 aromatic carbocycles. The largest absolute Gasteiger partial charge is 0.460 e. The summed E-state index contributed by atoms with van der Waals surface area (Å²) in [5.74, 6) is -1.62. The number of benzene rings is 2. The molecule has 0 unspecified atom stereocenters. The van der Waals surface area contributed by atoms with E-state index in [1.807, 2.05) is 18.2 Å². The third-order valence-electron chi connectivity index (χ3n) is 6.22. The molecule has 40 heavy (non-hydrogen) atoms. The predicted octanol–water partition coefficient (Wildman–Crippen LogP) is 3.64. The van der Waals surface area contributed by atoms with Crippen molar-refractivity contribution in [3.63, 3.8) is 0 Å². The molecular formula is C27H31FN3O8P. The van der Waals surface area contributed by atoms with Crippen molar-refractivity contribution in [2.75, 3.05) is 13.3 Å². The van der Waals surface area contributed by atoms with E-state index in [9.17, 15) is 23.7 Å². The van der Waals surface area contributed by atoms with E-state index in [0.29, 0.717) is 5.70 Å². The summed E-state index contributed by atoms with van der Waals surface area (Å²) in [5.41, 5.74) is 1.12. The number of nitrogens with zero attached hydrogens (tertiary/aromatic N) is 1. The highest BCUT2D eigenvalue weighted by Crippen LogP contribution is 2.46. The van der Waals surface area contributed by atoms with Crippen molar-refractivity contribution in [2.45, 2.75) is 38.0 Å². The van der Waals surface area contributed by atoms with Crippen molar-refractivity contribution < 1.29 is 42.2 Å². The van der Waals surface area contributed by atoms with Crippen LogP contribution in [0.15, 0.2) is 85.2 Å². The van der Waals surface area contributed by atoms with E-state index in [1.54, 1.807) is 42.5 Å². The van der Waals surface area contributed by atoms with Crippen LogP contribution in [-0.2, 0) is 30.0 Å². The summed E-state index contributed by atoms with van der Waals surface area (Å²) in [6.45, 7) is 3.58. The zero-order valence-electron chi connectivity index (χ0n) is 21.7. The van der Waals surface area contributed by atoms with E-state index in [-0.39, 0.29) is 12.4 Å². The molecule has 1 saturated heterocycles. The van der Waals surface area contributed by atoms with Crippen LogP contribution in [0, 0.1) is 5.92 Å². The van der Waals surface area contributed by atoms with Gasteiger partial charge in [-0.15, -0.1) is 0 Å². The summed E-state index contributed by atoms with van der Waals surface area (Å²) in [6, 6.07) is 15.4. The average molecular weight is 576 g/mol. The number of hydrogen-bond donors (Lipinski definition) is 3. The van der Waals surface area contributed by atoms with Crippen LogP contribution in [0.3, 0.4) is 0 Å². The molecule has 0 bridgehead atoms. The van der Waals surface area contributed by atoms with Crippen LogP contribution in [-0.4, -0.2) is 59.8 Å². The summed E-state index contributed by atoms with van der Waals surface area (Å²) in [5, 5.41) is 15.8. The van der Waals surface area contributed by atoms with E-state index < -0.39 is 63.4 Å². The summed E-state index contributed by atoms with van der Waals surface area (Å²) in [4.78, 5) is 26.1. The summed E-state index contributed by atoms with van der Waals surface area (Å²) >= 11 is 0. The first kappa shape index (κ1) is 29.4. The molecule has 2 heterocycles. The normalized spacial score (nSPS) is 24.7. The first-order chi connectivity index (χ1) is 19.2. The number of ether oxygens (including phenoxy) is 2. The SMILES string of the molecule is C=C1C=CN([C@@H]2O[C@H](CO[P@](=O)(N[C@H](C)C(=O)OCc3ccccc3)Oc3ccccc3)[C@@H](CF)[C@H]2O)C(=O)N1. The summed E-state index contributed by atoms with van der Waals surface area (Å²) < 4.78 is 50.1. The van der Waals surface area contributed by atoms with Crippen LogP contribution in [0.5, 0.6) is 5.75 Å². The standard InChI is InChI=1S/C27H31FN3O8P/c1-18-13-14-31(27(34)29-18)25-24(32)22(15-28)23(38-25)17-37-40(35,39-21-11-7-4-8-12-21)30-19(2)26(33)36-16-20-9-5-3-6-10-20/h3-14,19,22-25,32H,1,15-17H2,2H3,(H,29,34)(H,30,35)/t19-,22-,23-,24-,25-,40-/m1/s1. The number of allylic oxidation sites excluding steroid dienone is 1. The lowest BCUT2D eigenvalue weighted by Gasteiger charge is -2.30. The van der Waals surface area contributed by atoms with Gasteiger partial charge in [-0.1, -0.05) is 55.1 Å². The fourth-order valence-corrected chi connectivity index (χ4v) is 5.58. The molecule has 2 aliphatic heterocycles. The van der Waals surface area contributed by atoms with Gasteiger partial charge in [0.2, 0.25) is 0 Å². The second kappa shape index (κ2) is 13.2. The van der Waals surface area contributed by atoms with Crippen molar-refractivity contribution in [1.29, 1.82) is 0 Å². The maximum atomic E-state index is 14.0. The summed E-state index contributed by atoms with van der Waals surface area (Å²) in [7, 11) is -4.28. The second-order valence-electron chi connectivity index (χ2n) is 9.19. The van der Waals surface area contributed by atoms with Gasteiger partial charge in [0, 0.05) is 17.8 Å². The number of aliphatic hydroxyl groups excluding tert-OH is 1. The van der Waals surface area contributed by atoms with Gasteiger partial charge in [0.15, 0.2) is 6.23 Å².